The summed E-state index contributed by atoms with van der Waals surface area (Å²) in [7, 11) is 0. The van der Waals surface area contributed by atoms with Crippen LogP contribution in [0.5, 0.6) is 0 Å². The molecule has 0 saturated carbocycles. The number of hydrogen-bond donors (Lipinski definition) is 2. The van der Waals surface area contributed by atoms with Crippen LogP contribution < -0.4 is 10.6 Å². The van der Waals surface area contributed by atoms with Gasteiger partial charge in [0.2, 0.25) is 0 Å². The first kappa shape index (κ1) is 25.1. The van der Waals surface area contributed by atoms with Crippen LogP contribution in [-0.4, -0.2) is 27.8 Å². The minimum Gasteiger partial charge on any atom is -0.334 e. The monoisotopic (exact) mass is 544 g/mol. The smallest absolute Gasteiger partial charge is 0.320 e. The van der Waals surface area contributed by atoms with Crippen molar-refractivity contribution in [3.63, 3.8) is 0 Å². The molecule has 0 fully saturated rings. The lowest BCUT2D eigenvalue weighted by atomic mass is 9.94. The number of anilines is 1. The molecule has 2 aliphatic rings. The number of hydrogen-bond acceptors (Lipinski definition) is 5. The molecule has 0 radical (unpaired) electrons. The lowest BCUT2D eigenvalue weighted by molar-refractivity contribution is 0.101. The van der Waals surface area contributed by atoms with Gasteiger partial charge in [-0.25, -0.2) is 4.79 Å². The molecular formula is C30H32N4O2S2. The number of carbonyl (C=O) groups excluding carboxylic acids is 2. The maximum absolute atomic E-state index is 13.1. The summed E-state index contributed by atoms with van der Waals surface area (Å²) in [6, 6.07) is 14.4. The average molecular weight is 545 g/mol. The normalized spacial score (nSPS) is 15.1. The third-order valence-corrected chi connectivity index (χ3v) is 9.97. The predicted molar refractivity (Wildman–Crippen MR) is 155 cm³/mol. The van der Waals surface area contributed by atoms with Gasteiger partial charge in [0.1, 0.15) is 10.0 Å². The maximum Gasteiger partial charge on any atom is 0.320 e. The number of urea groups is 1. The van der Waals surface area contributed by atoms with Gasteiger partial charge in [0, 0.05) is 53.9 Å². The molecule has 0 bridgehead atoms. The second-order valence-corrected chi connectivity index (χ2v) is 12.3. The number of aromatic nitrogens is 1. The minimum absolute atomic E-state index is 0.0292. The first-order valence-corrected chi connectivity index (χ1v) is 14.9. The van der Waals surface area contributed by atoms with Gasteiger partial charge in [-0.3, -0.25) is 15.0 Å². The first-order chi connectivity index (χ1) is 18.6. The van der Waals surface area contributed by atoms with Gasteiger partial charge in [-0.1, -0.05) is 30.3 Å². The molecule has 1 aromatic carbocycles. The Labute approximate surface area is 231 Å². The van der Waals surface area contributed by atoms with Crippen molar-refractivity contribution in [2.45, 2.75) is 58.7 Å². The number of ketones is 1. The summed E-state index contributed by atoms with van der Waals surface area (Å²) in [5, 5.41) is 7.98. The number of carbonyl (C=O) groups is 2. The Balaban J connectivity index is 1.20. The zero-order valence-electron chi connectivity index (χ0n) is 21.6. The minimum atomic E-state index is -0.258. The van der Waals surface area contributed by atoms with E-state index in [0.29, 0.717) is 17.1 Å². The molecular weight excluding hydrogens is 512 g/mol. The van der Waals surface area contributed by atoms with E-state index in [0.717, 1.165) is 62.3 Å². The van der Waals surface area contributed by atoms with Gasteiger partial charge in [0.25, 0.3) is 0 Å². The third-order valence-electron chi connectivity index (χ3n) is 7.49. The zero-order valence-corrected chi connectivity index (χ0v) is 23.2. The molecule has 0 spiro atoms. The van der Waals surface area contributed by atoms with Crippen molar-refractivity contribution in [2.24, 2.45) is 0 Å². The zero-order chi connectivity index (χ0) is 26.1. The van der Waals surface area contributed by atoms with Crippen molar-refractivity contribution in [1.82, 2.24) is 14.8 Å². The summed E-state index contributed by atoms with van der Waals surface area (Å²) >= 11 is 3.39. The van der Waals surface area contributed by atoms with Crippen LogP contribution in [0.3, 0.4) is 0 Å². The van der Waals surface area contributed by atoms with Gasteiger partial charge in [-0.05, 0) is 67.9 Å². The lowest BCUT2D eigenvalue weighted by Crippen LogP contribution is -2.31. The number of amides is 2. The summed E-state index contributed by atoms with van der Waals surface area (Å²) in [4.78, 5) is 30.6. The summed E-state index contributed by atoms with van der Waals surface area (Å²) in [6.07, 6.45) is 9.26. The molecule has 8 heteroatoms. The topological polar surface area (TPSA) is 66.4 Å². The second kappa shape index (κ2) is 10.9. The molecule has 0 saturated heterocycles. The summed E-state index contributed by atoms with van der Waals surface area (Å²) < 4.78 is 2.15. The Hall–Kier alpha value is -3.20. The highest BCUT2D eigenvalue weighted by molar-refractivity contribution is 7.17. The molecule has 2 N–H and O–H groups in total. The van der Waals surface area contributed by atoms with E-state index in [1.807, 2.05) is 23.5 Å². The Kier molecular flexibility index (Phi) is 7.19. The molecule has 4 heterocycles. The predicted octanol–water partition coefficient (Wildman–Crippen LogP) is 6.56. The number of rotatable bonds is 7. The molecule has 6 rings (SSSR count). The van der Waals surface area contributed by atoms with E-state index < -0.39 is 0 Å². The van der Waals surface area contributed by atoms with Gasteiger partial charge >= 0.3 is 6.03 Å². The largest absolute Gasteiger partial charge is 0.334 e. The molecule has 0 unspecified atom stereocenters. The lowest BCUT2D eigenvalue weighted by Gasteiger charge is -2.27. The van der Waals surface area contributed by atoms with Crippen LogP contribution in [0.15, 0.2) is 54.9 Å². The van der Waals surface area contributed by atoms with Crippen LogP contribution in [0.1, 0.15) is 62.1 Å². The van der Waals surface area contributed by atoms with Crippen LogP contribution in [0.4, 0.5) is 9.80 Å². The molecule has 1 aliphatic heterocycles. The van der Waals surface area contributed by atoms with Crippen LogP contribution >= 0.6 is 22.7 Å². The number of fused-ring (bicyclic) bond motifs is 2. The van der Waals surface area contributed by atoms with E-state index in [1.54, 1.807) is 18.3 Å². The Morgan fingerprint density at radius 1 is 0.921 bits per heavy atom. The van der Waals surface area contributed by atoms with Crippen molar-refractivity contribution < 1.29 is 9.59 Å². The van der Waals surface area contributed by atoms with Crippen molar-refractivity contribution in [1.29, 1.82) is 0 Å². The molecule has 4 aromatic rings. The summed E-state index contributed by atoms with van der Waals surface area (Å²) in [6.45, 7) is 4.90. The quantitative estimate of drug-likeness (QED) is 0.259. The number of aryl methyl sites for hydroxylation is 1. The van der Waals surface area contributed by atoms with Gasteiger partial charge in [0.15, 0.2) is 5.78 Å². The second-order valence-electron chi connectivity index (χ2n) is 10.1. The van der Waals surface area contributed by atoms with E-state index in [9.17, 15) is 9.59 Å². The van der Waals surface area contributed by atoms with E-state index in [1.165, 1.54) is 26.4 Å². The summed E-state index contributed by atoms with van der Waals surface area (Å²) in [5.41, 5.74) is 5.73. The Morgan fingerprint density at radius 3 is 2.50 bits per heavy atom. The highest BCUT2D eigenvalue weighted by Gasteiger charge is 2.27. The molecule has 196 valence electrons. The number of thiophene rings is 2. The van der Waals surface area contributed by atoms with Gasteiger partial charge in [0.05, 0.1) is 5.56 Å². The SMILES string of the molecule is CC(=O)c1c(NC(=O)NCc2c(-n3cccc3)sc3c2CCN(Cc2ccccc2)C3)sc2c1CCCC2. The Morgan fingerprint density at radius 2 is 1.71 bits per heavy atom. The standard InChI is InChI=1S/C30H32N4O2S2/c1-20(35)27-23-11-5-6-12-25(23)37-28(27)32-30(36)31-17-24-22-13-16-33(18-21-9-3-2-4-10-21)19-26(22)38-29(24)34-14-7-8-15-34/h2-4,7-10,14-15H,5-6,11-13,16-19H2,1H3,(H2,31,32,36). The molecule has 3 aromatic heterocycles. The van der Waals surface area contributed by atoms with Gasteiger partial charge < -0.3 is 9.88 Å². The van der Waals surface area contributed by atoms with E-state index in [-0.39, 0.29) is 11.8 Å². The molecule has 2 amide bonds. The fraction of sp³-hybridized carbons (Fsp3) is 0.333. The van der Waals surface area contributed by atoms with E-state index in [4.69, 9.17) is 0 Å². The van der Waals surface area contributed by atoms with Crippen LogP contribution in [0.25, 0.3) is 5.00 Å². The first-order valence-electron chi connectivity index (χ1n) is 13.3. The number of benzene rings is 1. The van der Waals surface area contributed by atoms with Crippen LogP contribution in [-0.2, 0) is 38.9 Å². The van der Waals surface area contributed by atoms with Crippen molar-refractivity contribution in [3.8, 4) is 5.00 Å². The maximum atomic E-state index is 13.1. The fourth-order valence-electron chi connectivity index (χ4n) is 5.69. The molecule has 1 aliphatic carbocycles. The van der Waals surface area contributed by atoms with Gasteiger partial charge in [-0.15, -0.1) is 22.7 Å². The average Bonchev–Trinajstić information content (AvgIpc) is 3.65. The van der Waals surface area contributed by atoms with Crippen molar-refractivity contribution >= 4 is 39.5 Å². The highest BCUT2D eigenvalue weighted by Crippen LogP contribution is 2.39. The Bertz CT molecular complexity index is 1450. The van der Waals surface area contributed by atoms with Crippen LogP contribution in [0, 0.1) is 0 Å². The van der Waals surface area contributed by atoms with Crippen molar-refractivity contribution in [2.75, 3.05) is 11.9 Å². The van der Waals surface area contributed by atoms with E-state index >= 15 is 0 Å². The summed E-state index contributed by atoms with van der Waals surface area (Å²) in [5.74, 6) is 0.0292. The third kappa shape index (κ3) is 5.08. The van der Waals surface area contributed by atoms with Gasteiger partial charge in [-0.2, -0.15) is 0 Å². The number of Topliss-reactive ketones (excluding diaryl/α,β-unsaturated/α-hetero) is 1. The highest BCUT2D eigenvalue weighted by atomic mass is 32.1. The number of nitrogens with zero attached hydrogens (tertiary/aromatic N) is 2. The van der Waals surface area contributed by atoms with Crippen LogP contribution in [0.2, 0.25) is 0 Å². The molecule has 0 atom stereocenters. The fourth-order valence-corrected chi connectivity index (χ4v) is 8.39. The number of nitrogens with one attached hydrogen (secondary N) is 2. The van der Waals surface area contributed by atoms with Crippen molar-refractivity contribution in [3.05, 3.63) is 92.4 Å². The molecule has 38 heavy (non-hydrogen) atoms. The molecule has 6 nitrogen and oxygen atoms in total. The van der Waals surface area contributed by atoms with E-state index in [2.05, 4.69) is 62.8 Å².